The van der Waals surface area contributed by atoms with Gasteiger partial charge >= 0.3 is 5.97 Å². The third-order valence-electron chi connectivity index (χ3n) is 3.58. The normalized spacial score (nSPS) is 11.4. The van der Waals surface area contributed by atoms with Crippen LogP contribution in [0.4, 0.5) is 0 Å². The summed E-state index contributed by atoms with van der Waals surface area (Å²) < 4.78 is 1.52. The summed E-state index contributed by atoms with van der Waals surface area (Å²) in [5.74, 6) is -0.230. The van der Waals surface area contributed by atoms with Crippen molar-refractivity contribution in [1.82, 2.24) is 9.55 Å². The van der Waals surface area contributed by atoms with Crippen LogP contribution in [0.1, 0.15) is 32.0 Å². The number of hydrogen-bond acceptors (Lipinski definition) is 5. The quantitative estimate of drug-likeness (QED) is 0.761. The first-order valence-electron chi connectivity index (χ1n) is 7.26. The van der Waals surface area contributed by atoms with Crippen LogP contribution < -0.4 is 5.56 Å². The van der Waals surface area contributed by atoms with E-state index >= 15 is 0 Å². The molecule has 3 rings (SSSR count). The number of carboxylic acid groups (broad SMARTS) is 1. The minimum atomic E-state index is -0.921. The second-order valence-corrected chi connectivity index (χ2v) is 7.34. The van der Waals surface area contributed by atoms with E-state index in [4.69, 9.17) is 5.11 Å². The molecule has 0 unspecified atom stereocenters. The number of aliphatic carboxylic acids is 1. The van der Waals surface area contributed by atoms with Gasteiger partial charge in [0, 0.05) is 28.3 Å². The minimum Gasteiger partial charge on any atom is -0.481 e. The lowest BCUT2D eigenvalue weighted by atomic mass is 10.1. The molecule has 1 N–H and O–H groups in total. The van der Waals surface area contributed by atoms with E-state index in [-0.39, 0.29) is 24.4 Å². The van der Waals surface area contributed by atoms with Crippen LogP contribution in [0.3, 0.4) is 0 Å². The van der Waals surface area contributed by atoms with Gasteiger partial charge < -0.3 is 5.11 Å². The number of fused-ring (bicyclic) bond motifs is 1. The zero-order valence-electron chi connectivity index (χ0n) is 12.8. The third-order valence-corrected chi connectivity index (χ3v) is 5.35. The van der Waals surface area contributed by atoms with Gasteiger partial charge in [-0.3, -0.25) is 14.2 Å². The predicted octanol–water partition coefficient (Wildman–Crippen LogP) is 3.78. The standard InChI is InChI=1S/C16H16N2O3S2/c1-9(2)14-17-15-13(16(21)18(14)6-5-12(19)20)10(8-23-15)11-4-3-7-22-11/h3-4,7-9H,5-6H2,1-2H3,(H,19,20). The van der Waals surface area contributed by atoms with Gasteiger partial charge in [0.05, 0.1) is 11.8 Å². The number of hydrogen-bond donors (Lipinski definition) is 1. The smallest absolute Gasteiger partial charge is 0.305 e. The summed E-state index contributed by atoms with van der Waals surface area (Å²) in [6.07, 6.45) is -0.0920. The molecule has 120 valence electrons. The Bertz CT molecular complexity index is 907. The minimum absolute atomic E-state index is 0.0492. The van der Waals surface area contributed by atoms with E-state index in [1.54, 1.807) is 11.3 Å². The average molecular weight is 348 g/mol. The van der Waals surface area contributed by atoms with Crippen LogP contribution >= 0.6 is 22.7 Å². The fourth-order valence-electron chi connectivity index (χ4n) is 2.52. The SMILES string of the molecule is CC(C)c1nc2scc(-c3cccs3)c2c(=O)n1CCC(=O)O. The molecule has 0 amide bonds. The van der Waals surface area contributed by atoms with Crippen LogP contribution in [0, 0.1) is 0 Å². The third kappa shape index (κ3) is 2.94. The van der Waals surface area contributed by atoms with E-state index in [0.29, 0.717) is 16.0 Å². The predicted molar refractivity (Wildman–Crippen MR) is 93.5 cm³/mol. The van der Waals surface area contributed by atoms with Crippen LogP contribution in [-0.2, 0) is 11.3 Å². The summed E-state index contributed by atoms with van der Waals surface area (Å²) in [6, 6.07) is 3.92. The first-order chi connectivity index (χ1) is 11.0. The van der Waals surface area contributed by atoms with Crippen molar-refractivity contribution < 1.29 is 9.90 Å². The molecule has 0 spiro atoms. The number of carbonyl (C=O) groups is 1. The summed E-state index contributed by atoms with van der Waals surface area (Å²) >= 11 is 3.03. The number of thiophene rings is 2. The highest BCUT2D eigenvalue weighted by molar-refractivity contribution is 7.18. The summed E-state index contributed by atoms with van der Waals surface area (Å²) in [4.78, 5) is 30.3. The van der Waals surface area contributed by atoms with Gasteiger partial charge in [-0.1, -0.05) is 19.9 Å². The fraction of sp³-hybridized carbons (Fsp3) is 0.312. The molecule has 0 radical (unpaired) electrons. The molecule has 23 heavy (non-hydrogen) atoms. The monoisotopic (exact) mass is 348 g/mol. The van der Waals surface area contributed by atoms with Crippen LogP contribution in [-0.4, -0.2) is 20.6 Å². The van der Waals surface area contributed by atoms with Crippen molar-refractivity contribution in [3.05, 3.63) is 39.1 Å². The second kappa shape index (κ2) is 6.25. The average Bonchev–Trinajstić information content (AvgIpc) is 3.14. The van der Waals surface area contributed by atoms with Gasteiger partial charge in [-0.05, 0) is 11.4 Å². The lowest BCUT2D eigenvalue weighted by molar-refractivity contribution is -0.137. The molecule has 0 bridgehead atoms. The molecule has 5 nitrogen and oxygen atoms in total. The Morgan fingerprint density at radius 3 is 2.78 bits per heavy atom. The van der Waals surface area contributed by atoms with Gasteiger partial charge in [-0.2, -0.15) is 0 Å². The van der Waals surface area contributed by atoms with Crippen molar-refractivity contribution in [3.8, 4) is 10.4 Å². The molecule has 0 aromatic carbocycles. The zero-order chi connectivity index (χ0) is 16.6. The Labute approximate surface area is 140 Å². The highest BCUT2D eigenvalue weighted by atomic mass is 32.1. The van der Waals surface area contributed by atoms with E-state index in [1.807, 2.05) is 36.7 Å². The summed E-state index contributed by atoms with van der Waals surface area (Å²) in [5.41, 5.74) is 0.737. The van der Waals surface area contributed by atoms with Crippen molar-refractivity contribution >= 4 is 38.9 Å². The highest BCUT2D eigenvalue weighted by Crippen LogP contribution is 2.34. The molecular weight excluding hydrogens is 332 g/mol. The molecule has 3 aromatic rings. The molecule has 3 aromatic heterocycles. The Balaban J connectivity index is 2.24. The molecule has 0 atom stereocenters. The van der Waals surface area contributed by atoms with Crippen LogP contribution in [0.25, 0.3) is 20.7 Å². The molecule has 0 aliphatic carbocycles. The van der Waals surface area contributed by atoms with E-state index in [9.17, 15) is 9.59 Å². The Hall–Kier alpha value is -1.99. The molecular formula is C16H16N2O3S2. The number of aromatic nitrogens is 2. The van der Waals surface area contributed by atoms with E-state index < -0.39 is 5.97 Å². The van der Waals surface area contributed by atoms with Crippen LogP contribution in [0.5, 0.6) is 0 Å². The van der Waals surface area contributed by atoms with Gasteiger partial charge in [0.1, 0.15) is 10.7 Å². The van der Waals surface area contributed by atoms with Gasteiger partial charge in [0.25, 0.3) is 5.56 Å². The van der Waals surface area contributed by atoms with Crippen molar-refractivity contribution in [2.45, 2.75) is 32.7 Å². The largest absolute Gasteiger partial charge is 0.481 e. The van der Waals surface area contributed by atoms with Gasteiger partial charge in [-0.15, -0.1) is 22.7 Å². The zero-order valence-corrected chi connectivity index (χ0v) is 14.4. The summed E-state index contributed by atoms with van der Waals surface area (Å²) in [5, 5.41) is 13.5. The topological polar surface area (TPSA) is 72.2 Å². The van der Waals surface area contributed by atoms with E-state index in [1.165, 1.54) is 15.9 Å². The molecule has 3 heterocycles. The van der Waals surface area contributed by atoms with Crippen LogP contribution in [0.2, 0.25) is 0 Å². The number of carboxylic acids is 1. The van der Waals surface area contributed by atoms with E-state index in [2.05, 4.69) is 4.98 Å². The molecule has 0 saturated carbocycles. The first-order valence-corrected chi connectivity index (χ1v) is 9.02. The van der Waals surface area contributed by atoms with Crippen molar-refractivity contribution in [3.63, 3.8) is 0 Å². The molecule has 7 heteroatoms. The van der Waals surface area contributed by atoms with E-state index in [0.717, 1.165) is 10.4 Å². The Kier molecular flexibility index (Phi) is 4.32. The molecule has 0 aliphatic rings. The Morgan fingerprint density at radius 1 is 1.39 bits per heavy atom. The maximum Gasteiger partial charge on any atom is 0.305 e. The summed E-state index contributed by atoms with van der Waals surface area (Å²) in [6.45, 7) is 4.06. The van der Waals surface area contributed by atoms with Crippen molar-refractivity contribution in [2.75, 3.05) is 0 Å². The summed E-state index contributed by atoms with van der Waals surface area (Å²) in [7, 11) is 0. The maximum absolute atomic E-state index is 13.0. The lowest BCUT2D eigenvalue weighted by Gasteiger charge is -2.14. The number of nitrogens with zero attached hydrogens (tertiary/aromatic N) is 2. The van der Waals surface area contributed by atoms with Gasteiger partial charge in [0.2, 0.25) is 0 Å². The first kappa shape index (κ1) is 15.9. The molecule has 0 fully saturated rings. The highest BCUT2D eigenvalue weighted by Gasteiger charge is 2.19. The van der Waals surface area contributed by atoms with Crippen LogP contribution in [0.15, 0.2) is 27.7 Å². The lowest BCUT2D eigenvalue weighted by Crippen LogP contribution is -2.27. The van der Waals surface area contributed by atoms with Crippen molar-refractivity contribution in [2.24, 2.45) is 0 Å². The molecule has 0 saturated heterocycles. The molecule has 0 aliphatic heterocycles. The Morgan fingerprint density at radius 2 is 2.17 bits per heavy atom. The second-order valence-electron chi connectivity index (χ2n) is 5.53. The van der Waals surface area contributed by atoms with Gasteiger partial charge in [-0.25, -0.2) is 4.98 Å². The van der Waals surface area contributed by atoms with Gasteiger partial charge in [0.15, 0.2) is 0 Å². The number of rotatable bonds is 5. The fourth-order valence-corrected chi connectivity index (χ4v) is 4.28. The van der Waals surface area contributed by atoms with Crippen molar-refractivity contribution in [1.29, 1.82) is 0 Å². The maximum atomic E-state index is 13.0.